The van der Waals surface area contributed by atoms with Crippen molar-refractivity contribution in [3.63, 3.8) is 0 Å². The van der Waals surface area contributed by atoms with Crippen LogP contribution in [0.2, 0.25) is 0 Å². The summed E-state index contributed by atoms with van der Waals surface area (Å²) in [5, 5.41) is 0. The molecule has 3 aliphatic heterocycles. The van der Waals surface area contributed by atoms with Gasteiger partial charge in [-0.25, -0.2) is 4.79 Å². The average Bonchev–Trinajstić information content (AvgIpc) is 3.00. The van der Waals surface area contributed by atoms with E-state index in [1.54, 1.807) is 38.8 Å². The van der Waals surface area contributed by atoms with Crippen molar-refractivity contribution in [2.45, 2.75) is 71.3 Å². The number of carbonyl (C=O) groups is 6. The molecule has 5 rings (SSSR count). The van der Waals surface area contributed by atoms with Crippen LogP contribution in [0.4, 0.5) is 0 Å². The molecule has 12 nitrogen and oxygen atoms in total. The van der Waals surface area contributed by atoms with Gasteiger partial charge in [0.05, 0.1) is 32.3 Å². The number of likely N-dealkylation sites (N-methyl/N-ethyl adjacent to an activating group) is 1. The van der Waals surface area contributed by atoms with Crippen molar-refractivity contribution in [1.82, 2.24) is 9.80 Å². The molecule has 1 amide bonds. The third-order valence-corrected chi connectivity index (χ3v) is 9.34. The largest absolute Gasteiger partial charge is 0.492 e. The van der Waals surface area contributed by atoms with Gasteiger partial charge in [0.1, 0.15) is 18.8 Å². The van der Waals surface area contributed by atoms with Gasteiger partial charge in [-0.1, -0.05) is 6.08 Å². The number of esters is 1. The lowest BCUT2D eigenvalue weighted by atomic mass is 9.68. The van der Waals surface area contributed by atoms with Crippen LogP contribution in [-0.2, 0) is 47.7 Å². The minimum atomic E-state index is -1.17. The molecule has 12 heteroatoms. The molecule has 0 unspecified atom stereocenters. The second kappa shape index (κ2) is 11.4. The number of methoxy groups -OCH3 is 2. The van der Waals surface area contributed by atoms with E-state index in [9.17, 15) is 28.8 Å². The molecule has 234 valence electrons. The second-order valence-corrected chi connectivity index (χ2v) is 11.4. The summed E-state index contributed by atoms with van der Waals surface area (Å²) in [4.78, 5) is 85.9. The van der Waals surface area contributed by atoms with Crippen LogP contribution in [0.1, 0.15) is 41.0 Å². The third kappa shape index (κ3) is 4.26. The number of carbonyl (C=O) groups excluding carboxylic acids is 6. The Hall–Kier alpha value is -4.16. The standard InChI is InChI=1S/C32H36N2O10/c1-9-13(3)32(40)44-12-18-19-16(24(35)14(4)28(41-7)26(19)37)11-17-22-20-21(25(36)15(5)29(42-8)27(20)38)30(43-10-2)23(33(22)6)31(39)34(17)18/h9,17-18,22-23,30H,10-12H2,1-8H3/b13-9-/t17-,18+,22+,23+,30-/m1/s1. The van der Waals surface area contributed by atoms with Gasteiger partial charge in [-0.05, 0) is 48.1 Å². The first-order valence-electron chi connectivity index (χ1n) is 14.5. The quantitative estimate of drug-likeness (QED) is 0.234. The maximum Gasteiger partial charge on any atom is 0.333 e. The number of hydrogen-bond acceptors (Lipinski definition) is 11. The van der Waals surface area contributed by atoms with Crippen molar-refractivity contribution in [3.05, 3.63) is 56.6 Å². The second-order valence-electron chi connectivity index (χ2n) is 11.4. The van der Waals surface area contributed by atoms with E-state index in [1.165, 1.54) is 33.0 Å². The van der Waals surface area contributed by atoms with Gasteiger partial charge >= 0.3 is 5.97 Å². The number of amides is 1. The van der Waals surface area contributed by atoms with Crippen LogP contribution in [0.25, 0.3) is 0 Å². The third-order valence-electron chi connectivity index (χ3n) is 9.34. The fourth-order valence-corrected chi connectivity index (χ4v) is 7.18. The van der Waals surface area contributed by atoms with Crippen LogP contribution in [0.3, 0.4) is 0 Å². The Labute approximate surface area is 255 Å². The van der Waals surface area contributed by atoms with E-state index in [-0.39, 0.29) is 58.0 Å². The van der Waals surface area contributed by atoms with Gasteiger partial charge in [0.25, 0.3) is 0 Å². The number of Topliss-reactive ketones (excluding diaryl/α,β-unsaturated/α-hetero) is 4. The SMILES string of the molecule is C/C=C(/C)C(=O)OC[C@H]1C2=C(C[C@@H]3[C@H]4C5=C(C(=O)C(C)=C(OC)C5=O)[C@@H](OCC)[C@@H](C(=O)N31)N4C)C(=O)C(C)=C(OC)C2=O. The number of rotatable bonds is 7. The Balaban J connectivity index is 1.73. The van der Waals surface area contributed by atoms with Crippen molar-refractivity contribution >= 4 is 35.0 Å². The molecular formula is C32H36N2O10. The topological polar surface area (TPSA) is 146 Å². The Morgan fingerprint density at radius 2 is 1.48 bits per heavy atom. The van der Waals surface area contributed by atoms with Gasteiger partial charge < -0.3 is 23.8 Å². The maximum absolute atomic E-state index is 14.6. The monoisotopic (exact) mass is 608 g/mol. The molecule has 0 spiro atoms. The fourth-order valence-electron chi connectivity index (χ4n) is 7.18. The van der Waals surface area contributed by atoms with Crippen LogP contribution < -0.4 is 0 Å². The highest BCUT2D eigenvalue weighted by atomic mass is 16.5. The smallest absolute Gasteiger partial charge is 0.333 e. The number of fused-ring (bicyclic) bond motifs is 5. The molecule has 1 fully saturated rings. The molecule has 5 atom stereocenters. The van der Waals surface area contributed by atoms with Crippen molar-refractivity contribution < 1.29 is 47.7 Å². The molecule has 5 aliphatic rings. The molecule has 44 heavy (non-hydrogen) atoms. The average molecular weight is 609 g/mol. The van der Waals surface area contributed by atoms with Crippen LogP contribution >= 0.6 is 0 Å². The lowest BCUT2D eigenvalue weighted by molar-refractivity contribution is -0.166. The van der Waals surface area contributed by atoms with E-state index in [2.05, 4.69) is 0 Å². The summed E-state index contributed by atoms with van der Waals surface area (Å²) < 4.78 is 22.3. The van der Waals surface area contributed by atoms with Gasteiger partial charge in [0, 0.05) is 45.6 Å². The molecule has 1 saturated heterocycles. The predicted molar refractivity (Wildman–Crippen MR) is 154 cm³/mol. The highest BCUT2D eigenvalue weighted by Gasteiger charge is 2.62. The first-order chi connectivity index (χ1) is 20.9. The zero-order valence-electron chi connectivity index (χ0n) is 26.1. The van der Waals surface area contributed by atoms with E-state index in [1.807, 2.05) is 0 Å². The van der Waals surface area contributed by atoms with Crippen LogP contribution in [-0.4, -0.2) is 110 Å². The zero-order valence-corrected chi connectivity index (χ0v) is 26.1. The number of hydrogen-bond donors (Lipinski definition) is 0. The summed E-state index contributed by atoms with van der Waals surface area (Å²) in [6.45, 7) is 7.67. The summed E-state index contributed by atoms with van der Waals surface area (Å²) in [6.07, 6.45) is 0.392. The summed E-state index contributed by atoms with van der Waals surface area (Å²) in [5.74, 6) is -3.37. The first kappa shape index (κ1) is 31.3. The number of nitrogens with zero attached hydrogens (tertiary/aromatic N) is 2. The van der Waals surface area contributed by atoms with Crippen molar-refractivity contribution in [1.29, 1.82) is 0 Å². The summed E-state index contributed by atoms with van der Waals surface area (Å²) in [5.41, 5.74) is 0.943. The molecule has 0 aromatic carbocycles. The van der Waals surface area contributed by atoms with E-state index >= 15 is 0 Å². The summed E-state index contributed by atoms with van der Waals surface area (Å²) in [7, 11) is 4.27. The van der Waals surface area contributed by atoms with Gasteiger partial charge in [-0.3, -0.25) is 28.9 Å². The normalized spacial score (nSPS) is 29.3. The van der Waals surface area contributed by atoms with Gasteiger partial charge in [0.2, 0.25) is 17.5 Å². The van der Waals surface area contributed by atoms with E-state index < -0.39 is 71.9 Å². The molecule has 0 saturated carbocycles. The van der Waals surface area contributed by atoms with Gasteiger partial charge in [-0.2, -0.15) is 0 Å². The predicted octanol–water partition coefficient (Wildman–Crippen LogP) is 1.30. The van der Waals surface area contributed by atoms with Crippen molar-refractivity contribution in [2.24, 2.45) is 0 Å². The lowest BCUT2D eigenvalue weighted by Crippen LogP contribution is -2.76. The Morgan fingerprint density at radius 3 is 2.05 bits per heavy atom. The molecule has 0 aromatic rings. The van der Waals surface area contributed by atoms with Crippen LogP contribution in [0, 0.1) is 0 Å². The first-order valence-corrected chi connectivity index (χ1v) is 14.5. The summed E-state index contributed by atoms with van der Waals surface area (Å²) >= 11 is 0. The lowest BCUT2D eigenvalue weighted by Gasteiger charge is -2.59. The number of allylic oxidation sites excluding steroid dienone is 5. The summed E-state index contributed by atoms with van der Waals surface area (Å²) in [6, 6.07) is -3.95. The van der Waals surface area contributed by atoms with E-state index in [4.69, 9.17) is 18.9 Å². The molecule has 2 bridgehead atoms. The minimum absolute atomic E-state index is 0.0112. The Bertz CT molecular complexity index is 1570. The van der Waals surface area contributed by atoms with Crippen molar-refractivity contribution in [2.75, 3.05) is 34.5 Å². The molecule has 2 aliphatic carbocycles. The zero-order chi connectivity index (χ0) is 32.4. The van der Waals surface area contributed by atoms with Crippen LogP contribution in [0.5, 0.6) is 0 Å². The van der Waals surface area contributed by atoms with Gasteiger partial charge in [0.15, 0.2) is 23.1 Å². The maximum atomic E-state index is 14.6. The minimum Gasteiger partial charge on any atom is -0.492 e. The fraction of sp³-hybridized carbons (Fsp3) is 0.500. The number of piperazine rings is 1. The van der Waals surface area contributed by atoms with E-state index in [0.29, 0.717) is 5.57 Å². The molecule has 0 N–H and O–H groups in total. The number of ketones is 4. The Kier molecular flexibility index (Phi) is 8.10. The van der Waals surface area contributed by atoms with Crippen molar-refractivity contribution in [3.8, 4) is 0 Å². The molecule has 0 aromatic heterocycles. The molecular weight excluding hydrogens is 572 g/mol. The van der Waals surface area contributed by atoms with E-state index in [0.717, 1.165) is 0 Å². The Morgan fingerprint density at radius 1 is 0.886 bits per heavy atom. The highest BCUT2D eigenvalue weighted by Crippen LogP contribution is 2.48. The van der Waals surface area contributed by atoms with Gasteiger partial charge in [-0.15, -0.1) is 0 Å². The molecule has 0 radical (unpaired) electrons. The highest BCUT2D eigenvalue weighted by molar-refractivity contribution is 6.27. The van der Waals surface area contributed by atoms with Crippen LogP contribution in [0.15, 0.2) is 56.6 Å². The molecule has 3 heterocycles. The number of ether oxygens (including phenoxy) is 4.